The fraction of sp³-hybridized carbons (Fsp3) is 0.350. The second-order valence-corrected chi connectivity index (χ2v) is 6.92. The molecule has 1 saturated heterocycles. The molecule has 0 aliphatic carbocycles. The van der Waals surface area contributed by atoms with E-state index in [-0.39, 0.29) is 29.8 Å². The quantitative estimate of drug-likeness (QED) is 0.699. The molecule has 1 aliphatic rings. The lowest BCUT2D eigenvalue weighted by Crippen LogP contribution is -2.50. The number of amides is 2. The Labute approximate surface area is 175 Å². The monoisotopic (exact) mass is 440 g/mol. The van der Waals surface area contributed by atoms with Gasteiger partial charge < -0.3 is 15.0 Å². The Morgan fingerprint density at radius 1 is 1.10 bits per heavy atom. The summed E-state index contributed by atoms with van der Waals surface area (Å²) in [7, 11) is 0. The molecule has 2 aromatic rings. The minimum absolute atomic E-state index is 0.103. The third kappa shape index (κ3) is 6.92. The van der Waals surface area contributed by atoms with Gasteiger partial charge in [-0.2, -0.15) is 13.2 Å². The van der Waals surface area contributed by atoms with Crippen LogP contribution in [0.25, 0.3) is 0 Å². The highest BCUT2D eigenvalue weighted by Gasteiger charge is 2.29. The average molecular weight is 440 g/mol. The van der Waals surface area contributed by atoms with Gasteiger partial charge in [0.1, 0.15) is 5.82 Å². The van der Waals surface area contributed by atoms with E-state index >= 15 is 0 Å². The van der Waals surface area contributed by atoms with Crippen molar-refractivity contribution in [3.05, 3.63) is 54.0 Å². The fourth-order valence-electron chi connectivity index (χ4n) is 3.01. The average Bonchev–Trinajstić information content (AvgIpc) is 2.72. The SMILES string of the molecule is O=C(CN1CCN(C(=O)c2ccc(OCC(F)(F)F)nc2)CC1)Nc1cccc(F)c1. The molecule has 31 heavy (non-hydrogen) atoms. The van der Waals surface area contributed by atoms with Gasteiger partial charge in [-0.05, 0) is 24.3 Å². The van der Waals surface area contributed by atoms with Gasteiger partial charge >= 0.3 is 6.18 Å². The van der Waals surface area contributed by atoms with E-state index in [1.54, 1.807) is 11.0 Å². The Hall–Kier alpha value is -3.21. The van der Waals surface area contributed by atoms with Crippen LogP contribution in [0.3, 0.4) is 0 Å². The molecule has 0 bridgehead atoms. The van der Waals surface area contributed by atoms with E-state index in [1.165, 1.54) is 36.5 Å². The highest BCUT2D eigenvalue weighted by Crippen LogP contribution is 2.18. The summed E-state index contributed by atoms with van der Waals surface area (Å²) in [6, 6.07) is 8.17. The van der Waals surface area contributed by atoms with Crippen molar-refractivity contribution in [2.24, 2.45) is 0 Å². The van der Waals surface area contributed by atoms with Crippen molar-refractivity contribution in [2.75, 3.05) is 44.6 Å². The zero-order valence-electron chi connectivity index (χ0n) is 16.4. The molecule has 11 heteroatoms. The normalized spacial score (nSPS) is 14.9. The smallest absolute Gasteiger partial charge is 0.422 e. The second kappa shape index (κ2) is 9.73. The summed E-state index contributed by atoms with van der Waals surface area (Å²) in [5.41, 5.74) is 0.602. The molecule has 1 aliphatic heterocycles. The number of hydrogen-bond donors (Lipinski definition) is 1. The van der Waals surface area contributed by atoms with Gasteiger partial charge in [0.05, 0.1) is 12.1 Å². The third-order valence-electron chi connectivity index (χ3n) is 4.50. The zero-order chi connectivity index (χ0) is 22.4. The van der Waals surface area contributed by atoms with E-state index in [9.17, 15) is 27.2 Å². The Bertz CT molecular complexity index is 913. The van der Waals surface area contributed by atoms with Crippen LogP contribution in [0.2, 0.25) is 0 Å². The lowest BCUT2D eigenvalue weighted by molar-refractivity contribution is -0.154. The molecule has 0 saturated carbocycles. The number of hydrogen-bond acceptors (Lipinski definition) is 5. The van der Waals surface area contributed by atoms with Crippen LogP contribution in [-0.4, -0.2) is 72.1 Å². The van der Waals surface area contributed by atoms with Gasteiger partial charge in [0.15, 0.2) is 6.61 Å². The van der Waals surface area contributed by atoms with E-state index in [1.807, 2.05) is 4.90 Å². The first-order chi connectivity index (χ1) is 14.7. The number of halogens is 4. The summed E-state index contributed by atoms with van der Waals surface area (Å²) in [5.74, 6) is -1.26. The number of anilines is 1. The summed E-state index contributed by atoms with van der Waals surface area (Å²) >= 11 is 0. The van der Waals surface area contributed by atoms with Crippen LogP contribution in [-0.2, 0) is 4.79 Å². The Morgan fingerprint density at radius 2 is 1.84 bits per heavy atom. The maximum Gasteiger partial charge on any atom is 0.422 e. The van der Waals surface area contributed by atoms with Gasteiger partial charge in [-0.3, -0.25) is 14.5 Å². The molecule has 0 unspecified atom stereocenters. The number of piperazine rings is 1. The largest absolute Gasteiger partial charge is 0.468 e. The Morgan fingerprint density at radius 3 is 2.45 bits per heavy atom. The first-order valence-electron chi connectivity index (χ1n) is 9.42. The molecule has 1 N–H and O–H groups in total. The number of alkyl halides is 3. The molecule has 3 rings (SSSR count). The van der Waals surface area contributed by atoms with Crippen LogP contribution in [0.4, 0.5) is 23.2 Å². The zero-order valence-corrected chi connectivity index (χ0v) is 16.4. The number of carbonyl (C=O) groups excluding carboxylic acids is 2. The summed E-state index contributed by atoms with van der Waals surface area (Å²) in [4.78, 5) is 31.9. The molecule has 1 fully saturated rings. The minimum Gasteiger partial charge on any atom is -0.468 e. The molecule has 166 valence electrons. The molecule has 0 spiro atoms. The van der Waals surface area contributed by atoms with Crippen LogP contribution in [0.5, 0.6) is 5.88 Å². The maximum atomic E-state index is 13.2. The number of nitrogens with one attached hydrogen (secondary N) is 1. The predicted molar refractivity (Wildman–Crippen MR) is 103 cm³/mol. The first-order valence-corrected chi connectivity index (χ1v) is 9.42. The molecule has 1 aromatic carbocycles. The van der Waals surface area contributed by atoms with E-state index in [4.69, 9.17) is 0 Å². The summed E-state index contributed by atoms with van der Waals surface area (Å²) in [6.45, 7) is 0.315. The second-order valence-electron chi connectivity index (χ2n) is 6.92. The maximum absolute atomic E-state index is 13.2. The van der Waals surface area contributed by atoms with Crippen molar-refractivity contribution in [3.8, 4) is 5.88 Å². The van der Waals surface area contributed by atoms with Crippen molar-refractivity contribution < 1.29 is 31.9 Å². The van der Waals surface area contributed by atoms with E-state index in [0.717, 1.165) is 0 Å². The first kappa shape index (κ1) is 22.5. The Kier molecular flexibility index (Phi) is 7.06. The lowest BCUT2D eigenvalue weighted by atomic mass is 10.2. The number of carbonyl (C=O) groups is 2. The molecule has 2 heterocycles. The highest BCUT2D eigenvalue weighted by atomic mass is 19.4. The fourth-order valence-corrected chi connectivity index (χ4v) is 3.01. The van der Waals surface area contributed by atoms with Gasteiger partial charge in [0.2, 0.25) is 11.8 Å². The van der Waals surface area contributed by atoms with Crippen LogP contribution >= 0.6 is 0 Å². The summed E-state index contributed by atoms with van der Waals surface area (Å²) < 4.78 is 54.2. The van der Waals surface area contributed by atoms with Gasteiger partial charge in [0, 0.05) is 44.1 Å². The van der Waals surface area contributed by atoms with Crippen molar-refractivity contribution in [2.45, 2.75) is 6.18 Å². The minimum atomic E-state index is -4.47. The molecule has 0 atom stereocenters. The molecular weight excluding hydrogens is 420 g/mol. The predicted octanol–water partition coefficient (Wildman–Crippen LogP) is 2.56. The topological polar surface area (TPSA) is 74.8 Å². The number of nitrogens with zero attached hydrogens (tertiary/aromatic N) is 3. The van der Waals surface area contributed by atoms with Crippen LogP contribution < -0.4 is 10.1 Å². The van der Waals surface area contributed by atoms with Crippen LogP contribution in [0.1, 0.15) is 10.4 Å². The molecular formula is C20H20F4N4O3. The summed E-state index contributed by atoms with van der Waals surface area (Å²) in [5, 5.41) is 2.62. The Balaban J connectivity index is 1.45. The highest BCUT2D eigenvalue weighted by molar-refractivity contribution is 5.94. The summed E-state index contributed by atoms with van der Waals surface area (Å²) in [6.07, 6.45) is -3.29. The van der Waals surface area contributed by atoms with Gasteiger partial charge in [-0.15, -0.1) is 0 Å². The number of pyridine rings is 1. The number of rotatable bonds is 6. The number of aromatic nitrogens is 1. The van der Waals surface area contributed by atoms with Crippen LogP contribution in [0, 0.1) is 5.82 Å². The van der Waals surface area contributed by atoms with Crippen molar-refractivity contribution >= 4 is 17.5 Å². The standard InChI is InChI=1S/C20H20F4N4O3/c21-15-2-1-3-16(10-15)26-17(29)12-27-6-8-28(9-7-27)19(30)14-4-5-18(25-11-14)31-13-20(22,23)24/h1-5,10-11H,6-9,12-13H2,(H,26,29). The number of benzene rings is 1. The van der Waals surface area contributed by atoms with Gasteiger partial charge in [-0.25, -0.2) is 9.37 Å². The number of ether oxygens (including phenoxy) is 1. The van der Waals surface area contributed by atoms with E-state index in [0.29, 0.717) is 31.9 Å². The third-order valence-corrected chi connectivity index (χ3v) is 4.50. The van der Waals surface area contributed by atoms with Gasteiger partial charge in [0.25, 0.3) is 5.91 Å². The van der Waals surface area contributed by atoms with Crippen molar-refractivity contribution in [3.63, 3.8) is 0 Å². The van der Waals surface area contributed by atoms with E-state index in [2.05, 4.69) is 15.0 Å². The van der Waals surface area contributed by atoms with E-state index < -0.39 is 18.6 Å². The molecule has 0 radical (unpaired) electrons. The van der Waals surface area contributed by atoms with Crippen molar-refractivity contribution in [1.29, 1.82) is 0 Å². The van der Waals surface area contributed by atoms with Crippen LogP contribution in [0.15, 0.2) is 42.6 Å². The molecule has 7 nitrogen and oxygen atoms in total. The van der Waals surface area contributed by atoms with Gasteiger partial charge in [-0.1, -0.05) is 6.07 Å². The molecule has 2 amide bonds. The van der Waals surface area contributed by atoms with Crippen molar-refractivity contribution in [1.82, 2.24) is 14.8 Å². The molecule has 1 aromatic heterocycles. The lowest BCUT2D eigenvalue weighted by Gasteiger charge is -2.34.